The van der Waals surface area contributed by atoms with Crippen LogP contribution >= 0.6 is 0 Å². The summed E-state index contributed by atoms with van der Waals surface area (Å²) in [5, 5.41) is 23.4. The monoisotopic (exact) mass is 304 g/mol. The van der Waals surface area contributed by atoms with Crippen molar-refractivity contribution < 1.29 is 5.11 Å². The number of aliphatic hydroxyl groups is 1. The molecule has 2 aromatic heterocycles. The van der Waals surface area contributed by atoms with Gasteiger partial charge in [-0.05, 0) is 32.8 Å². The Bertz CT molecular complexity index is 634. The number of aromatic nitrogens is 5. The van der Waals surface area contributed by atoms with Crippen LogP contribution in [0.5, 0.6) is 0 Å². The first-order chi connectivity index (χ1) is 10.5. The van der Waals surface area contributed by atoms with Gasteiger partial charge >= 0.3 is 0 Å². The van der Waals surface area contributed by atoms with E-state index in [1.54, 1.807) is 4.68 Å². The van der Waals surface area contributed by atoms with Gasteiger partial charge in [0.2, 0.25) is 0 Å². The fourth-order valence-corrected chi connectivity index (χ4v) is 2.85. The lowest BCUT2D eigenvalue weighted by atomic mass is 10.00. The fourth-order valence-electron chi connectivity index (χ4n) is 2.85. The van der Waals surface area contributed by atoms with Crippen LogP contribution in [0.4, 0.5) is 0 Å². The summed E-state index contributed by atoms with van der Waals surface area (Å²) in [6, 6.07) is 0.255. The number of rotatable bonds is 5. The fraction of sp³-hybridized carbons (Fsp3) is 0.667. The van der Waals surface area contributed by atoms with Crippen LogP contribution in [0.3, 0.4) is 0 Å². The van der Waals surface area contributed by atoms with Crippen molar-refractivity contribution in [3.05, 3.63) is 29.8 Å². The lowest BCUT2D eigenvalue weighted by molar-refractivity contribution is 0.0412. The molecule has 1 N–H and O–H groups in total. The average molecular weight is 304 g/mol. The second kappa shape index (κ2) is 5.81. The number of likely N-dealkylation sites (tertiary alicyclic amines) is 1. The largest absolute Gasteiger partial charge is 0.382 e. The van der Waals surface area contributed by atoms with Crippen LogP contribution in [0, 0.1) is 6.92 Å². The van der Waals surface area contributed by atoms with Crippen molar-refractivity contribution in [2.24, 2.45) is 0 Å². The van der Waals surface area contributed by atoms with Crippen molar-refractivity contribution in [1.29, 1.82) is 0 Å². The van der Waals surface area contributed by atoms with Gasteiger partial charge in [0, 0.05) is 31.9 Å². The maximum atomic E-state index is 10.8. The highest BCUT2D eigenvalue weighted by molar-refractivity contribution is 5.11. The Morgan fingerprint density at radius 3 is 2.77 bits per heavy atom. The first kappa shape index (κ1) is 15.2. The van der Waals surface area contributed by atoms with E-state index < -0.39 is 5.60 Å². The van der Waals surface area contributed by atoms with E-state index in [1.807, 2.05) is 30.2 Å². The van der Waals surface area contributed by atoms with E-state index in [1.165, 1.54) is 5.56 Å². The normalized spacial score (nSPS) is 22.8. The molecule has 0 radical (unpaired) electrons. The van der Waals surface area contributed by atoms with E-state index in [9.17, 15) is 5.11 Å². The molecule has 3 rings (SSSR count). The number of hydrogen-bond donors (Lipinski definition) is 1. The Morgan fingerprint density at radius 2 is 2.14 bits per heavy atom. The van der Waals surface area contributed by atoms with E-state index >= 15 is 0 Å². The van der Waals surface area contributed by atoms with Crippen LogP contribution in [0.15, 0.2) is 18.6 Å². The third kappa shape index (κ3) is 3.05. The topological polar surface area (TPSA) is 72.0 Å². The highest BCUT2D eigenvalue weighted by atomic mass is 16.3. The van der Waals surface area contributed by atoms with Crippen LogP contribution in [-0.2, 0) is 12.1 Å². The molecule has 22 heavy (non-hydrogen) atoms. The Kier molecular flexibility index (Phi) is 4.01. The predicted molar refractivity (Wildman–Crippen MR) is 82.3 cm³/mol. The minimum absolute atomic E-state index is 0.255. The molecule has 0 bridgehead atoms. The van der Waals surface area contributed by atoms with E-state index in [2.05, 4.69) is 34.2 Å². The molecule has 2 aromatic rings. The third-order valence-corrected chi connectivity index (χ3v) is 4.25. The van der Waals surface area contributed by atoms with Crippen LogP contribution in [0.2, 0.25) is 0 Å². The molecule has 0 saturated carbocycles. The van der Waals surface area contributed by atoms with Crippen LogP contribution in [0.1, 0.15) is 37.6 Å². The molecule has 120 valence electrons. The second-order valence-electron chi connectivity index (χ2n) is 6.52. The lowest BCUT2D eigenvalue weighted by Crippen LogP contribution is -2.32. The van der Waals surface area contributed by atoms with Crippen molar-refractivity contribution in [3.8, 4) is 0 Å². The first-order valence-electron chi connectivity index (χ1n) is 7.82. The number of hydrogen-bond acceptors (Lipinski definition) is 5. The highest BCUT2D eigenvalue weighted by Gasteiger charge is 2.39. The number of β-amino-alcohol motifs (C(OH)–C–C–N with tert-alkyl or cyclic N) is 1. The van der Waals surface area contributed by atoms with Gasteiger partial charge in [0.15, 0.2) is 0 Å². The molecule has 3 heterocycles. The summed E-state index contributed by atoms with van der Waals surface area (Å²) in [4.78, 5) is 2.26. The van der Waals surface area contributed by atoms with Gasteiger partial charge in [-0.1, -0.05) is 5.21 Å². The van der Waals surface area contributed by atoms with Gasteiger partial charge in [0.05, 0.1) is 18.9 Å². The third-order valence-electron chi connectivity index (χ3n) is 4.25. The molecule has 1 atom stereocenters. The van der Waals surface area contributed by atoms with Crippen molar-refractivity contribution in [1.82, 2.24) is 29.7 Å². The molecule has 0 amide bonds. The van der Waals surface area contributed by atoms with Gasteiger partial charge in [0.25, 0.3) is 0 Å². The molecule has 0 aliphatic carbocycles. The van der Waals surface area contributed by atoms with Gasteiger partial charge in [-0.3, -0.25) is 9.58 Å². The summed E-state index contributed by atoms with van der Waals surface area (Å²) in [5.74, 6) is 0. The van der Waals surface area contributed by atoms with Gasteiger partial charge in [0.1, 0.15) is 11.3 Å². The maximum Gasteiger partial charge on any atom is 0.124 e. The van der Waals surface area contributed by atoms with Gasteiger partial charge < -0.3 is 5.11 Å². The molecule has 0 spiro atoms. The number of aryl methyl sites for hydroxylation is 1. The van der Waals surface area contributed by atoms with Gasteiger partial charge in [-0.25, -0.2) is 4.68 Å². The van der Waals surface area contributed by atoms with Gasteiger partial charge in [-0.15, -0.1) is 5.10 Å². The zero-order chi connectivity index (χ0) is 15.7. The Balaban J connectivity index is 1.60. The van der Waals surface area contributed by atoms with E-state index in [0.717, 1.165) is 19.6 Å². The Hall–Kier alpha value is -1.73. The van der Waals surface area contributed by atoms with Gasteiger partial charge in [-0.2, -0.15) is 5.10 Å². The molecule has 1 fully saturated rings. The standard InChI is InChI=1S/C15H24N6O/c1-12(2)21-10-14(17-18-21)15(22)4-5-19(11-15)6-7-20-9-13(3)8-16-20/h8-10,12,22H,4-7,11H2,1-3H3/t15-/m1/s1. The summed E-state index contributed by atoms with van der Waals surface area (Å²) in [6.45, 7) is 9.32. The minimum Gasteiger partial charge on any atom is -0.382 e. The van der Waals surface area contributed by atoms with Crippen LogP contribution in [-0.4, -0.2) is 54.4 Å². The van der Waals surface area contributed by atoms with Crippen molar-refractivity contribution >= 4 is 0 Å². The molecule has 0 unspecified atom stereocenters. The maximum absolute atomic E-state index is 10.8. The predicted octanol–water partition coefficient (Wildman–Crippen LogP) is 0.957. The summed E-state index contributed by atoms with van der Waals surface area (Å²) < 4.78 is 3.74. The van der Waals surface area contributed by atoms with E-state index in [4.69, 9.17) is 0 Å². The minimum atomic E-state index is -0.882. The van der Waals surface area contributed by atoms with Crippen LogP contribution < -0.4 is 0 Å². The van der Waals surface area contributed by atoms with Crippen molar-refractivity contribution in [2.45, 2.75) is 45.4 Å². The molecule has 0 aromatic carbocycles. The number of nitrogens with zero attached hydrogens (tertiary/aromatic N) is 6. The average Bonchev–Trinajstić information content (AvgIpc) is 3.16. The molecule has 7 heteroatoms. The Labute approximate surface area is 130 Å². The zero-order valence-electron chi connectivity index (χ0n) is 13.5. The summed E-state index contributed by atoms with van der Waals surface area (Å²) in [5.41, 5.74) is 0.967. The summed E-state index contributed by atoms with van der Waals surface area (Å²) in [6.07, 6.45) is 6.47. The van der Waals surface area contributed by atoms with Crippen molar-refractivity contribution in [2.75, 3.05) is 19.6 Å². The zero-order valence-corrected chi connectivity index (χ0v) is 13.5. The molecule has 7 nitrogen and oxygen atoms in total. The Morgan fingerprint density at radius 1 is 1.32 bits per heavy atom. The lowest BCUT2D eigenvalue weighted by Gasteiger charge is -2.21. The van der Waals surface area contributed by atoms with Crippen molar-refractivity contribution in [3.63, 3.8) is 0 Å². The van der Waals surface area contributed by atoms with E-state index in [0.29, 0.717) is 18.7 Å². The molecule has 1 saturated heterocycles. The highest BCUT2D eigenvalue weighted by Crippen LogP contribution is 2.30. The quantitative estimate of drug-likeness (QED) is 0.891. The summed E-state index contributed by atoms with van der Waals surface area (Å²) in [7, 11) is 0. The van der Waals surface area contributed by atoms with Crippen LogP contribution in [0.25, 0.3) is 0 Å². The van der Waals surface area contributed by atoms with E-state index in [-0.39, 0.29) is 6.04 Å². The summed E-state index contributed by atoms with van der Waals surface area (Å²) >= 11 is 0. The first-order valence-corrected chi connectivity index (χ1v) is 7.82. The SMILES string of the molecule is Cc1cnn(CCN2CC[C@](O)(c3cn(C(C)C)nn3)C2)c1. The molecular formula is C15H24N6O. The molecule has 1 aliphatic heterocycles. The molecular weight excluding hydrogens is 280 g/mol. The smallest absolute Gasteiger partial charge is 0.124 e. The second-order valence-corrected chi connectivity index (χ2v) is 6.52. The molecule has 1 aliphatic rings.